The van der Waals surface area contributed by atoms with Crippen LogP contribution in [0.15, 0.2) is 54.6 Å². The van der Waals surface area contributed by atoms with Gasteiger partial charge < -0.3 is 0 Å². The van der Waals surface area contributed by atoms with Crippen LogP contribution in [-0.4, -0.2) is 6.29 Å². The first kappa shape index (κ1) is 13.0. The van der Waals surface area contributed by atoms with Gasteiger partial charge in [0.1, 0.15) is 0 Å². The fourth-order valence-corrected chi connectivity index (χ4v) is 1.29. The summed E-state index contributed by atoms with van der Waals surface area (Å²) in [5.74, 6) is 2.42. The van der Waals surface area contributed by atoms with Crippen molar-refractivity contribution in [1.29, 1.82) is 0 Å². The molecule has 2 aromatic rings. The molecule has 0 radical (unpaired) electrons. The normalized spacial score (nSPS) is 8.47. The monoisotopic (exact) mass is 242 g/mol. The number of benzene rings is 2. The Labute approximate surface area is 106 Å². The topological polar surface area (TPSA) is 17.1 Å². The van der Waals surface area contributed by atoms with Crippen LogP contribution in [0.3, 0.4) is 0 Å². The maximum atomic E-state index is 10.3. The number of terminal acetylenes is 1. The highest BCUT2D eigenvalue weighted by Gasteiger charge is 1.93. The van der Waals surface area contributed by atoms with Crippen molar-refractivity contribution < 1.29 is 4.79 Å². The van der Waals surface area contributed by atoms with Crippen molar-refractivity contribution in [1.82, 2.24) is 0 Å². The van der Waals surface area contributed by atoms with E-state index in [2.05, 4.69) is 5.92 Å². The molecule has 84 valence electrons. The zero-order chi connectivity index (χ0) is 12.5. The number of halogens is 1. The van der Waals surface area contributed by atoms with Gasteiger partial charge >= 0.3 is 0 Å². The van der Waals surface area contributed by atoms with Crippen molar-refractivity contribution in [2.75, 3.05) is 0 Å². The summed E-state index contributed by atoms with van der Waals surface area (Å²) in [7, 11) is 0. The van der Waals surface area contributed by atoms with Gasteiger partial charge in [-0.25, -0.2) is 0 Å². The minimum atomic E-state index is 0.574. The van der Waals surface area contributed by atoms with E-state index in [0.29, 0.717) is 11.1 Å². The highest BCUT2D eigenvalue weighted by atomic mass is 35.5. The van der Waals surface area contributed by atoms with Crippen molar-refractivity contribution in [2.45, 2.75) is 0 Å². The first-order valence-corrected chi connectivity index (χ1v) is 5.37. The zero-order valence-electron chi connectivity index (χ0n) is 9.14. The van der Waals surface area contributed by atoms with Crippen LogP contribution in [0.4, 0.5) is 0 Å². The van der Waals surface area contributed by atoms with Gasteiger partial charge in [0.25, 0.3) is 0 Å². The van der Waals surface area contributed by atoms with E-state index in [0.717, 1.165) is 11.3 Å². The summed E-state index contributed by atoms with van der Waals surface area (Å²) in [6, 6.07) is 16.5. The highest BCUT2D eigenvalue weighted by molar-refractivity contribution is 6.30. The predicted octanol–water partition coefficient (Wildman–Crippen LogP) is 3.82. The molecule has 0 amide bonds. The molecule has 0 aliphatic heterocycles. The highest BCUT2D eigenvalue weighted by Crippen LogP contribution is 2.03. The van der Waals surface area contributed by atoms with Crippen LogP contribution >= 0.6 is 11.6 Å². The van der Waals surface area contributed by atoms with Crippen LogP contribution in [0.5, 0.6) is 0 Å². The lowest BCUT2D eigenvalue weighted by atomic mass is 10.1. The molecule has 0 unspecified atom stereocenters. The lowest BCUT2D eigenvalue weighted by Crippen LogP contribution is -1.84. The average Bonchev–Trinajstić information content (AvgIpc) is 2.40. The van der Waals surface area contributed by atoms with Crippen molar-refractivity contribution in [3.05, 3.63) is 70.7 Å². The van der Waals surface area contributed by atoms with Crippen LogP contribution in [0.2, 0.25) is 5.02 Å². The summed E-state index contributed by atoms with van der Waals surface area (Å²) >= 11 is 5.54. The molecule has 0 aliphatic rings. The van der Waals surface area contributed by atoms with E-state index < -0.39 is 0 Å². The Morgan fingerprint density at radius 3 is 2.00 bits per heavy atom. The molecule has 0 atom stereocenters. The molecule has 0 saturated heterocycles. The summed E-state index contributed by atoms with van der Waals surface area (Å²) in [5, 5.41) is 0.794. The second-order valence-corrected chi connectivity index (χ2v) is 3.58. The molecule has 0 aliphatic carbocycles. The van der Waals surface area contributed by atoms with Gasteiger partial charge in [-0.05, 0) is 18.2 Å². The SMILES string of the molecule is C#Cc1ccccc1C=O.Clc1ccccc1. The Morgan fingerprint density at radius 2 is 1.59 bits per heavy atom. The van der Waals surface area contributed by atoms with Gasteiger partial charge in [0.05, 0.1) is 0 Å². The molecule has 2 heteroatoms. The largest absolute Gasteiger partial charge is 0.298 e. The van der Waals surface area contributed by atoms with Crippen molar-refractivity contribution in [3.8, 4) is 12.3 Å². The molecule has 0 saturated carbocycles. The third-order valence-electron chi connectivity index (χ3n) is 1.98. The third kappa shape index (κ3) is 4.55. The van der Waals surface area contributed by atoms with Gasteiger partial charge in [0.15, 0.2) is 6.29 Å². The second kappa shape index (κ2) is 7.27. The van der Waals surface area contributed by atoms with E-state index >= 15 is 0 Å². The number of hydrogen-bond donors (Lipinski definition) is 0. The molecule has 2 rings (SSSR count). The maximum absolute atomic E-state index is 10.3. The first-order chi connectivity index (χ1) is 8.27. The minimum absolute atomic E-state index is 0.574. The van der Waals surface area contributed by atoms with Crippen molar-refractivity contribution in [3.63, 3.8) is 0 Å². The molecule has 17 heavy (non-hydrogen) atoms. The molecular weight excluding hydrogens is 232 g/mol. The van der Waals surface area contributed by atoms with Crippen LogP contribution in [0, 0.1) is 12.3 Å². The van der Waals surface area contributed by atoms with Gasteiger partial charge in [-0.2, -0.15) is 0 Å². The average molecular weight is 243 g/mol. The van der Waals surface area contributed by atoms with Gasteiger partial charge in [-0.15, -0.1) is 6.42 Å². The molecule has 0 bridgehead atoms. The van der Waals surface area contributed by atoms with Crippen molar-refractivity contribution in [2.24, 2.45) is 0 Å². The van der Waals surface area contributed by atoms with Gasteiger partial charge in [0, 0.05) is 16.1 Å². The minimum Gasteiger partial charge on any atom is -0.298 e. The summed E-state index contributed by atoms with van der Waals surface area (Å²) < 4.78 is 0. The molecule has 0 aromatic heterocycles. The Bertz CT molecular complexity index is 512. The van der Waals surface area contributed by atoms with E-state index in [-0.39, 0.29) is 0 Å². The molecule has 0 N–H and O–H groups in total. The van der Waals surface area contributed by atoms with Crippen LogP contribution in [-0.2, 0) is 0 Å². The van der Waals surface area contributed by atoms with E-state index in [4.69, 9.17) is 18.0 Å². The van der Waals surface area contributed by atoms with E-state index in [9.17, 15) is 4.79 Å². The quantitative estimate of drug-likeness (QED) is 0.549. The van der Waals surface area contributed by atoms with Gasteiger partial charge in [0.2, 0.25) is 0 Å². The molecule has 0 heterocycles. The third-order valence-corrected chi connectivity index (χ3v) is 2.23. The first-order valence-electron chi connectivity index (χ1n) is 4.99. The number of carbonyl (C=O) groups excluding carboxylic acids is 1. The fourth-order valence-electron chi connectivity index (χ4n) is 1.15. The molecule has 1 nitrogen and oxygen atoms in total. The summed E-state index contributed by atoms with van der Waals surface area (Å²) in [4.78, 5) is 10.3. The van der Waals surface area contributed by atoms with Gasteiger partial charge in [-0.3, -0.25) is 4.79 Å². The van der Waals surface area contributed by atoms with Crippen LogP contribution in [0.1, 0.15) is 15.9 Å². The molecule has 0 spiro atoms. The second-order valence-electron chi connectivity index (χ2n) is 3.15. The Kier molecular flexibility index (Phi) is 5.57. The van der Waals surface area contributed by atoms with Crippen LogP contribution in [0.25, 0.3) is 0 Å². The van der Waals surface area contributed by atoms with Gasteiger partial charge in [-0.1, -0.05) is 53.9 Å². The smallest absolute Gasteiger partial charge is 0.151 e. The maximum Gasteiger partial charge on any atom is 0.151 e. The lowest BCUT2D eigenvalue weighted by molar-refractivity contribution is 0.112. The Balaban J connectivity index is 0.000000181. The molecular formula is C15H11ClO. The Morgan fingerprint density at radius 1 is 1.00 bits per heavy atom. The fraction of sp³-hybridized carbons (Fsp3) is 0. The number of hydrogen-bond acceptors (Lipinski definition) is 1. The number of rotatable bonds is 1. The zero-order valence-corrected chi connectivity index (χ0v) is 9.89. The molecule has 0 fully saturated rings. The summed E-state index contributed by atoms with van der Waals surface area (Å²) in [5.41, 5.74) is 1.22. The number of carbonyl (C=O) groups is 1. The number of aldehydes is 1. The van der Waals surface area contributed by atoms with Crippen molar-refractivity contribution >= 4 is 17.9 Å². The lowest BCUT2D eigenvalue weighted by Gasteiger charge is -1.91. The predicted molar refractivity (Wildman–Crippen MR) is 71.2 cm³/mol. The Hall–Kier alpha value is -2.04. The van der Waals surface area contributed by atoms with E-state index in [1.807, 2.05) is 36.4 Å². The van der Waals surface area contributed by atoms with Crippen LogP contribution < -0.4 is 0 Å². The molecule has 2 aromatic carbocycles. The van der Waals surface area contributed by atoms with E-state index in [1.165, 1.54) is 0 Å². The summed E-state index contributed by atoms with van der Waals surface area (Å²) in [6.45, 7) is 0. The standard InChI is InChI=1S/C9H6O.C6H5Cl/c1-2-8-5-3-4-6-9(8)7-10;7-6-4-2-1-3-5-6/h1,3-7H;1-5H. The van der Waals surface area contributed by atoms with E-state index in [1.54, 1.807) is 18.2 Å². The summed E-state index contributed by atoms with van der Waals surface area (Å²) in [6.07, 6.45) is 5.88.